The second-order valence-electron chi connectivity index (χ2n) is 4.36. The number of unbranched alkanes of at least 4 members (excludes halogenated alkanes) is 2. The number of nitrogens with one attached hydrogen (secondary N) is 1. The highest BCUT2D eigenvalue weighted by atomic mass is 16.5. The number of hydrogen-bond donors (Lipinski definition) is 3. The van der Waals surface area contributed by atoms with Gasteiger partial charge in [0.1, 0.15) is 0 Å². The Labute approximate surface area is 109 Å². The Balaban J connectivity index is 2.63. The normalized spacial score (nSPS) is 12.4. The Morgan fingerprint density at radius 3 is 2.78 bits per heavy atom. The summed E-state index contributed by atoms with van der Waals surface area (Å²) in [6, 6.07) is 4.96. The third-order valence-electron chi connectivity index (χ3n) is 2.77. The maximum absolute atomic E-state index is 9.85. The molecule has 1 aromatic carbocycles. The lowest BCUT2D eigenvalue weighted by molar-refractivity contribution is 0.177. The minimum atomic E-state index is -0.589. The van der Waals surface area contributed by atoms with E-state index < -0.39 is 6.10 Å². The predicted molar refractivity (Wildman–Crippen MR) is 72.0 cm³/mol. The summed E-state index contributed by atoms with van der Waals surface area (Å²) >= 11 is 0. The van der Waals surface area contributed by atoms with Crippen molar-refractivity contribution in [1.82, 2.24) is 5.32 Å². The number of aliphatic hydroxyl groups is 1. The highest BCUT2D eigenvalue weighted by molar-refractivity contribution is 5.42. The summed E-state index contributed by atoms with van der Waals surface area (Å²) < 4.78 is 5.53. The molecule has 0 aliphatic carbocycles. The number of ether oxygens (including phenoxy) is 1. The summed E-state index contributed by atoms with van der Waals surface area (Å²) in [7, 11) is 1.78. The van der Waals surface area contributed by atoms with Crippen LogP contribution in [0.1, 0.15) is 37.9 Å². The van der Waals surface area contributed by atoms with Crippen molar-refractivity contribution >= 4 is 0 Å². The maximum Gasteiger partial charge on any atom is 0.161 e. The zero-order valence-electron chi connectivity index (χ0n) is 11.1. The molecule has 0 fully saturated rings. The van der Waals surface area contributed by atoms with Gasteiger partial charge in [0, 0.05) is 6.54 Å². The van der Waals surface area contributed by atoms with Gasteiger partial charge in [-0.1, -0.05) is 25.8 Å². The van der Waals surface area contributed by atoms with Crippen LogP contribution in [0.3, 0.4) is 0 Å². The maximum atomic E-state index is 9.85. The van der Waals surface area contributed by atoms with Gasteiger partial charge in [-0.05, 0) is 31.2 Å². The number of rotatable bonds is 8. The third-order valence-corrected chi connectivity index (χ3v) is 2.77. The molecule has 1 atom stereocenters. The first-order chi connectivity index (χ1) is 8.69. The van der Waals surface area contributed by atoms with Crippen molar-refractivity contribution in [2.24, 2.45) is 0 Å². The van der Waals surface area contributed by atoms with Gasteiger partial charge in [0.15, 0.2) is 11.5 Å². The second kappa shape index (κ2) is 7.95. The molecule has 1 aromatic rings. The molecular formula is C14H23NO3. The van der Waals surface area contributed by atoms with Crippen LogP contribution in [0, 0.1) is 0 Å². The molecule has 0 aromatic heterocycles. The van der Waals surface area contributed by atoms with Crippen LogP contribution in [0.4, 0.5) is 0 Å². The Kier molecular flexibility index (Phi) is 6.54. The Morgan fingerprint density at radius 2 is 2.11 bits per heavy atom. The number of benzene rings is 1. The van der Waals surface area contributed by atoms with E-state index in [9.17, 15) is 10.2 Å². The van der Waals surface area contributed by atoms with Crippen LogP contribution in [0.2, 0.25) is 0 Å². The number of aliphatic hydroxyl groups excluding tert-OH is 1. The quantitative estimate of drug-likeness (QED) is 0.622. The Morgan fingerprint density at radius 1 is 1.33 bits per heavy atom. The SMILES string of the molecule is CCCCCOc1cc(C(O)CNC)ccc1O. The minimum absolute atomic E-state index is 0.118. The molecular weight excluding hydrogens is 230 g/mol. The molecule has 0 saturated carbocycles. The zero-order valence-corrected chi connectivity index (χ0v) is 11.1. The lowest BCUT2D eigenvalue weighted by Gasteiger charge is -2.13. The number of aromatic hydroxyl groups is 1. The van der Waals surface area contributed by atoms with E-state index in [1.54, 1.807) is 25.2 Å². The van der Waals surface area contributed by atoms with E-state index in [4.69, 9.17) is 4.74 Å². The fourth-order valence-corrected chi connectivity index (χ4v) is 1.70. The molecule has 3 N–H and O–H groups in total. The molecule has 102 valence electrons. The van der Waals surface area contributed by atoms with E-state index in [1.807, 2.05) is 0 Å². The van der Waals surface area contributed by atoms with Crippen molar-refractivity contribution in [2.75, 3.05) is 20.2 Å². The molecule has 4 nitrogen and oxygen atoms in total. The topological polar surface area (TPSA) is 61.7 Å². The van der Waals surface area contributed by atoms with E-state index in [2.05, 4.69) is 12.2 Å². The first-order valence-corrected chi connectivity index (χ1v) is 6.47. The molecule has 4 heteroatoms. The van der Waals surface area contributed by atoms with Gasteiger partial charge < -0.3 is 20.3 Å². The van der Waals surface area contributed by atoms with E-state index in [0.717, 1.165) is 24.8 Å². The molecule has 0 heterocycles. The monoisotopic (exact) mass is 253 g/mol. The fourth-order valence-electron chi connectivity index (χ4n) is 1.70. The molecule has 0 aliphatic rings. The molecule has 1 rings (SSSR count). The first-order valence-electron chi connectivity index (χ1n) is 6.47. The van der Waals surface area contributed by atoms with Crippen molar-refractivity contribution in [3.63, 3.8) is 0 Å². The van der Waals surface area contributed by atoms with Crippen molar-refractivity contribution < 1.29 is 14.9 Å². The standard InChI is InChI=1S/C14H23NO3/c1-3-4-5-8-18-14-9-11(6-7-12(14)16)13(17)10-15-2/h6-7,9,13,15-17H,3-5,8,10H2,1-2H3. The van der Waals surface area contributed by atoms with Gasteiger partial charge in [0.05, 0.1) is 12.7 Å². The van der Waals surface area contributed by atoms with Crippen LogP contribution in [0.5, 0.6) is 11.5 Å². The minimum Gasteiger partial charge on any atom is -0.504 e. The summed E-state index contributed by atoms with van der Waals surface area (Å²) in [5, 5.41) is 22.4. The van der Waals surface area contributed by atoms with Gasteiger partial charge >= 0.3 is 0 Å². The third kappa shape index (κ3) is 4.55. The summed E-state index contributed by atoms with van der Waals surface area (Å²) in [5.41, 5.74) is 0.743. The number of hydrogen-bond acceptors (Lipinski definition) is 4. The van der Waals surface area contributed by atoms with E-state index in [1.165, 1.54) is 0 Å². The first kappa shape index (κ1) is 14.8. The summed E-state index contributed by atoms with van der Waals surface area (Å²) in [4.78, 5) is 0. The number of phenolic OH excluding ortho intramolecular Hbond substituents is 1. The molecule has 18 heavy (non-hydrogen) atoms. The largest absolute Gasteiger partial charge is 0.504 e. The van der Waals surface area contributed by atoms with E-state index >= 15 is 0 Å². The summed E-state index contributed by atoms with van der Waals surface area (Å²) in [5.74, 6) is 0.561. The van der Waals surface area contributed by atoms with Crippen molar-refractivity contribution in [2.45, 2.75) is 32.3 Å². The van der Waals surface area contributed by atoms with Crippen LogP contribution >= 0.6 is 0 Å². The molecule has 0 amide bonds. The lowest BCUT2D eigenvalue weighted by atomic mass is 10.1. The van der Waals surface area contributed by atoms with Crippen molar-refractivity contribution in [3.8, 4) is 11.5 Å². The summed E-state index contributed by atoms with van der Waals surface area (Å²) in [6.07, 6.45) is 2.63. The van der Waals surface area contributed by atoms with Crippen LogP contribution in [-0.2, 0) is 0 Å². The van der Waals surface area contributed by atoms with Crippen LogP contribution < -0.4 is 10.1 Å². The average molecular weight is 253 g/mol. The second-order valence-corrected chi connectivity index (χ2v) is 4.36. The smallest absolute Gasteiger partial charge is 0.161 e. The lowest BCUT2D eigenvalue weighted by Crippen LogP contribution is -2.16. The number of phenols is 1. The van der Waals surface area contributed by atoms with E-state index in [-0.39, 0.29) is 5.75 Å². The van der Waals surface area contributed by atoms with Gasteiger partial charge in [0.2, 0.25) is 0 Å². The van der Waals surface area contributed by atoms with Gasteiger partial charge in [-0.25, -0.2) is 0 Å². The zero-order chi connectivity index (χ0) is 13.4. The van der Waals surface area contributed by atoms with Gasteiger partial charge in [0.25, 0.3) is 0 Å². The van der Waals surface area contributed by atoms with Crippen LogP contribution in [-0.4, -0.2) is 30.4 Å². The molecule has 1 unspecified atom stereocenters. The van der Waals surface area contributed by atoms with Gasteiger partial charge in [-0.15, -0.1) is 0 Å². The average Bonchev–Trinajstić information content (AvgIpc) is 2.37. The Bertz CT molecular complexity index is 355. The molecule has 0 radical (unpaired) electrons. The predicted octanol–water partition coefficient (Wildman–Crippen LogP) is 2.21. The highest BCUT2D eigenvalue weighted by Gasteiger charge is 2.10. The van der Waals surface area contributed by atoms with Crippen LogP contribution in [0.15, 0.2) is 18.2 Å². The Hall–Kier alpha value is -1.26. The fraction of sp³-hybridized carbons (Fsp3) is 0.571. The summed E-state index contributed by atoms with van der Waals surface area (Å²) in [6.45, 7) is 3.19. The van der Waals surface area contributed by atoms with Gasteiger partial charge in [-0.3, -0.25) is 0 Å². The number of likely N-dealkylation sites (N-methyl/N-ethyl adjacent to an activating group) is 1. The molecule has 0 saturated heterocycles. The van der Waals surface area contributed by atoms with E-state index in [0.29, 0.717) is 18.9 Å². The van der Waals surface area contributed by atoms with Crippen molar-refractivity contribution in [3.05, 3.63) is 23.8 Å². The van der Waals surface area contributed by atoms with Crippen LogP contribution in [0.25, 0.3) is 0 Å². The van der Waals surface area contributed by atoms with Gasteiger partial charge in [-0.2, -0.15) is 0 Å². The molecule has 0 bridgehead atoms. The van der Waals surface area contributed by atoms with Crippen molar-refractivity contribution in [1.29, 1.82) is 0 Å². The highest BCUT2D eigenvalue weighted by Crippen LogP contribution is 2.29. The molecule has 0 spiro atoms. The molecule has 0 aliphatic heterocycles.